The number of hydrogen-bond donors (Lipinski definition) is 1. The highest BCUT2D eigenvalue weighted by atomic mass is 16.5. The van der Waals surface area contributed by atoms with Crippen LogP contribution in [0.25, 0.3) is 5.69 Å². The third kappa shape index (κ3) is 2.38. The van der Waals surface area contributed by atoms with Gasteiger partial charge in [-0.3, -0.25) is 4.90 Å². The molecule has 1 saturated carbocycles. The van der Waals surface area contributed by atoms with E-state index in [0.29, 0.717) is 18.7 Å². The third-order valence-electron chi connectivity index (χ3n) is 4.69. The minimum atomic E-state index is 0.0184. The van der Waals surface area contributed by atoms with Crippen LogP contribution in [0, 0.1) is 0 Å². The van der Waals surface area contributed by atoms with E-state index in [0.717, 1.165) is 31.0 Å². The summed E-state index contributed by atoms with van der Waals surface area (Å²) in [5, 5.41) is 18.1. The average Bonchev–Trinajstić information content (AvgIpc) is 3.16. The monoisotopic (exact) mass is 300 g/mol. The van der Waals surface area contributed by atoms with Crippen LogP contribution < -0.4 is 0 Å². The van der Waals surface area contributed by atoms with Crippen LogP contribution in [0.4, 0.5) is 0 Å². The van der Waals surface area contributed by atoms with Crippen molar-refractivity contribution in [2.75, 3.05) is 13.2 Å². The molecule has 0 radical (unpaired) electrons. The van der Waals surface area contributed by atoms with Crippen LogP contribution in [0.2, 0.25) is 0 Å². The molecule has 1 aliphatic heterocycles. The van der Waals surface area contributed by atoms with Gasteiger partial charge < -0.3 is 9.84 Å². The van der Waals surface area contributed by atoms with Gasteiger partial charge in [-0.05, 0) is 31.4 Å². The fourth-order valence-electron chi connectivity index (χ4n) is 3.60. The number of rotatable bonds is 3. The second-order valence-electron chi connectivity index (χ2n) is 5.99. The molecule has 0 bridgehead atoms. The zero-order valence-corrected chi connectivity index (χ0v) is 12.4. The Kier molecular flexibility index (Phi) is 3.56. The van der Waals surface area contributed by atoms with Gasteiger partial charge in [0, 0.05) is 19.1 Å². The molecule has 0 amide bonds. The lowest BCUT2D eigenvalue weighted by Gasteiger charge is -2.37. The van der Waals surface area contributed by atoms with E-state index in [4.69, 9.17) is 4.74 Å². The summed E-state index contributed by atoms with van der Waals surface area (Å²) < 4.78 is 7.59. The van der Waals surface area contributed by atoms with Gasteiger partial charge in [0.25, 0.3) is 5.88 Å². The van der Waals surface area contributed by atoms with Crippen LogP contribution in [0.3, 0.4) is 0 Å². The minimum absolute atomic E-state index is 0.0184. The van der Waals surface area contributed by atoms with Crippen molar-refractivity contribution in [2.24, 2.45) is 0 Å². The zero-order valence-electron chi connectivity index (χ0n) is 12.4. The molecular weight excluding hydrogens is 280 g/mol. The van der Waals surface area contributed by atoms with Gasteiger partial charge in [-0.25, -0.2) is 4.68 Å². The highest BCUT2D eigenvalue weighted by Gasteiger charge is 2.36. The molecule has 2 aromatic rings. The molecule has 6 nitrogen and oxygen atoms in total. The number of nitrogens with zero attached hydrogens (tertiary/aromatic N) is 4. The number of benzene rings is 1. The summed E-state index contributed by atoms with van der Waals surface area (Å²) in [7, 11) is 0. The van der Waals surface area contributed by atoms with Crippen molar-refractivity contribution in [3.63, 3.8) is 0 Å². The SMILES string of the molecule is Oc1nnn(-c2ccccc2)c1CN1CCO[C@H]2CCC[C@H]21. The highest BCUT2D eigenvalue weighted by Crippen LogP contribution is 2.31. The fraction of sp³-hybridized carbons (Fsp3) is 0.500. The molecule has 0 unspecified atom stereocenters. The molecule has 116 valence electrons. The summed E-state index contributed by atoms with van der Waals surface area (Å²) >= 11 is 0. The minimum Gasteiger partial charge on any atom is -0.491 e. The smallest absolute Gasteiger partial charge is 0.256 e. The molecule has 6 heteroatoms. The molecule has 1 aromatic carbocycles. The summed E-state index contributed by atoms with van der Waals surface area (Å²) in [6, 6.07) is 10.3. The maximum atomic E-state index is 10.1. The second-order valence-corrected chi connectivity index (χ2v) is 5.99. The predicted molar refractivity (Wildman–Crippen MR) is 80.8 cm³/mol. The predicted octanol–water partition coefficient (Wildman–Crippen LogP) is 1.73. The van der Waals surface area contributed by atoms with E-state index < -0.39 is 0 Å². The molecule has 0 spiro atoms. The number of hydrogen-bond acceptors (Lipinski definition) is 5. The quantitative estimate of drug-likeness (QED) is 0.935. The molecule has 1 saturated heterocycles. The Morgan fingerprint density at radius 1 is 1.23 bits per heavy atom. The van der Waals surface area contributed by atoms with Crippen molar-refractivity contribution in [3.05, 3.63) is 36.0 Å². The van der Waals surface area contributed by atoms with Gasteiger partial charge in [-0.2, -0.15) is 0 Å². The average molecular weight is 300 g/mol. The number of fused-ring (bicyclic) bond motifs is 1. The van der Waals surface area contributed by atoms with E-state index in [2.05, 4.69) is 15.2 Å². The van der Waals surface area contributed by atoms with E-state index in [1.807, 2.05) is 30.3 Å². The second kappa shape index (κ2) is 5.70. The Bertz CT molecular complexity index is 643. The Morgan fingerprint density at radius 3 is 2.95 bits per heavy atom. The largest absolute Gasteiger partial charge is 0.491 e. The summed E-state index contributed by atoms with van der Waals surface area (Å²) in [4.78, 5) is 2.40. The van der Waals surface area contributed by atoms with Gasteiger partial charge >= 0.3 is 0 Å². The first-order chi connectivity index (χ1) is 10.8. The van der Waals surface area contributed by atoms with Crippen molar-refractivity contribution >= 4 is 0 Å². The molecule has 2 atom stereocenters. The number of ether oxygens (including phenoxy) is 1. The van der Waals surface area contributed by atoms with Crippen molar-refractivity contribution < 1.29 is 9.84 Å². The van der Waals surface area contributed by atoms with Crippen LogP contribution in [-0.4, -0.2) is 50.3 Å². The van der Waals surface area contributed by atoms with Crippen molar-refractivity contribution in [3.8, 4) is 11.6 Å². The first kappa shape index (κ1) is 13.7. The lowest BCUT2D eigenvalue weighted by atomic mass is 10.1. The standard InChI is InChI=1S/C16H20N4O2/c21-16-14(20(18-17-16)12-5-2-1-3-6-12)11-19-9-10-22-15-8-4-7-13(15)19/h1-3,5-6,13,15,21H,4,7-11H2/t13-,15+/m1/s1. The van der Waals surface area contributed by atoms with Gasteiger partial charge in [0.1, 0.15) is 5.69 Å². The normalized spacial score (nSPS) is 25.3. The Balaban J connectivity index is 1.62. The summed E-state index contributed by atoms with van der Waals surface area (Å²) in [5.74, 6) is 0.0184. The molecule has 1 aromatic heterocycles. The lowest BCUT2D eigenvalue weighted by Crippen LogP contribution is -2.48. The summed E-state index contributed by atoms with van der Waals surface area (Å²) in [6.45, 7) is 2.30. The molecule has 1 aliphatic carbocycles. The maximum Gasteiger partial charge on any atom is 0.256 e. The first-order valence-corrected chi connectivity index (χ1v) is 7.87. The Morgan fingerprint density at radius 2 is 2.09 bits per heavy atom. The van der Waals surface area contributed by atoms with Crippen molar-refractivity contribution in [2.45, 2.75) is 38.0 Å². The fourth-order valence-corrected chi connectivity index (χ4v) is 3.60. The summed E-state index contributed by atoms with van der Waals surface area (Å²) in [5.41, 5.74) is 1.67. The molecule has 2 heterocycles. The molecule has 4 rings (SSSR count). The first-order valence-electron chi connectivity index (χ1n) is 7.87. The molecule has 2 aliphatic rings. The van der Waals surface area contributed by atoms with Crippen LogP contribution in [0.15, 0.2) is 30.3 Å². The van der Waals surface area contributed by atoms with Gasteiger partial charge in [-0.1, -0.05) is 28.5 Å². The number of aromatic nitrogens is 3. The summed E-state index contributed by atoms with van der Waals surface area (Å²) in [6.07, 6.45) is 3.87. The van der Waals surface area contributed by atoms with Crippen LogP contribution in [0.5, 0.6) is 5.88 Å². The molecule has 2 fully saturated rings. The zero-order chi connectivity index (χ0) is 14.9. The molecule has 22 heavy (non-hydrogen) atoms. The number of aromatic hydroxyl groups is 1. The van der Waals surface area contributed by atoms with Gasteiger partial charge in [0.2, 0.25) is 0 Å². The number of morpholine rings is 1. The van der Waals surface area contributed by atoms with Gasteiger partial charge in [0.15, 0.2) is 0 Å². The van der Waals surface area contributed by atoms with E-state index in [1.54, 1.807) is 4.68 Å². The molecular formula is C16H20N4O2. The van der Waals surface area contributed by atoms with E-state index >= 15 is 0 Å². The van der Waals surface area contributed by atoms with E-state index in [9.17, 15) is 5.11 Å². The van der Waals surface area contributed by atoms with Crippen molar-refractivity contribution in [1.29, 1.82) is 0 Å². The maximum absolute atomic E-state index is 10.1. The van der Waals surface area contributed by atoms with Crippen LogP contribution >= 0.6 is 0 Å². The lowest BCUT2D eigenvalue weighted by molar-refractivity contribution is -0.0595. The Labute approximate surface area is 129 Å². The van der Waals surface area contributed by atoms with Crippen LogP contribution in [-0.2, 0) is 11.3 Å². The highest BCUT2D eigenvalue weighted by molar-refractivity contribution is 5.34. The number of para-hydroxylation sites is 1. The van der Waals surface area contributed by atoms with Crippen LogP contribution in [0.1, 0.15) is 25.0 Å². The van der Waals surface area contributed by atoms with Gasteiger partial charge in [-0.15, -0.1) is 0 Å². The van der Waals surface area contributed by atoms with E-state index in [1.165, 1.54) is 12.8 Å². The van der Waals surface area contributed by atoms with Crippen molar-refractivity contribution in [1.82, 2.24) is 19.9 Å². The topological polar surface area (TPSA) is 63.4 Å². The van der Waals surface area contributed by atoms with E-state index in [-0.39, 0.29) is 5.88 Å². The Hall–Kier alpha value is -1.92. The van der Waals surface area contributed by atoms with Gasteiger partial charge in [0.05, 0.1) is 18.4 Å². The third-order valence-corrected chi connectivity index (χ3v) is 4.69. The molecule has 1 N–H and O–H groups in total.